The van der Waals surface area contributed by atoms with Crippen molar-refractivity contribution in [3.63, 3.8) is 0 Å². The fourth-order valence-corrected chi connectivity index (χ4v) is 5.27. The largest absolute Gasteiger partial charge is 0.339 e. The maximum Gasteiger partial charge on any atom is 0.233 e. The summed E-state index contributed by atoms with van der Waals surface area (Å²) in [5, 5.41) is 9.08. The highest BCUT2D eigenvalue weighted by molar-refractivity contribution is 7.99. The van der Waals surface area contributed by atoms with Crippen LogP contribution in [0.15, 0.2) is 35.7 Å². The number of benzene rings is 1. The van der Waals surface area contributed by atoms with Gasteiger partial charge in [0.2, 0.25) is 5.91 Å². The van der Waals surface area contributed by atoms with E-state index in [4.69, 9.17) is 0 Å². The molecule has 1 saturated carbocycles. The number of thioether (sulfide) groups is 1. The normalized spacial score (nSPS) is 22.9. The van der Waals surface area contributed by atoms with Crippen LogP contribution in [0, 0.1) is 12.8 Å². The SMILES string of the molecule is Cc1ccccc1-n1cnnc1SCC(=O)N1CCCC2CCCCC21. The molecule has 5 nitrogen and oxygen atoms in total. The van der Waals surface area contributed by atoms with Crippen molar-refractivity contribution < 1.29 is 4.79 Å². The summed E-state index contributed by atoms with van der Waals surface area (Å²) in [6, 6.07) is 8.64. The van der Waals surface area contributed by atoms with Crippen molar-refractivity contribution in [2.75, 3.05) is 12.3 Å². The lowest BCUT2D eigenvalue weighted by Gasteiger charge is -2.44. The van der Waals surface area contributed by atoms with E-state index >= 15 is 0 Å². The summed E-state index contributed by atoms with van der Waals surface area (Å²) in [6.07, 6.45) is 9.24. The Kier molecular flexibility index (Phi) is 5.29. The van der Waals surface area contributed by atoms with Gasteiger partial charge in [-0.3, -0.25) is 9.36 Å². The van der Waals surface area contributed by atoms with E-state index in [0.717, 1.165) is 29.7 Å². The second-order valence-corrected chi connectivity index (χ2v) is 8.34. The van der Waals surface area contributed by atoms with E-state index in [0.29, 0.717) is 11.8 Å². The minimum atomic E-state index is 0.255. The van der Waals surface area contributed by atoms with Crippen molar-refractivity contribution in [2.24, 2.45) is 5.92 Å². The summed E-state index contributed by atoms with van der Waals surface area (Å²) in [5.41, 5.74) is 2.24. The molecule has 2 fully saturated rings. The molecule has 1 aromatic heterocycles. The Morgan fingerprint density at radius 2 is 2.00 bits per heavy atom. The first-order valence-electron chi connectivity index (χ1n) is 9.62. The second kappa shape index (κ2) is 7.82. The van der Waals surface area contributed by atoms with Crippen LogP contribution < -0.4 is 0 Å². The van der Waals surface area contributed by atoms with Gasteiger partial charge in [0.15, 0.2) is 5.16 Å². The molecule has 6 heteroatoms. The number of hydrogen-bond acceptors (Lipinski definition) is 4. The molecule has 2 atom stereocenters. The fraction of sp³-hybridized carbons (Fsp3) is 0.550. The van der Waals surface area contributed by atoms with E-state index in [1.165, 1.54) is 49.4 Å². The number of fused-ring (bicyclic) bond motifs is 1. The Morgan fingerprint density at radius 1 is 1.19 bits per heavy atom. The van der Waals surface area contributed by atoms with Gasteiger partial charge >= 0.3 is 0 Å². The van der Waals surface area contributed by atoms with Crippen LogP contribution in [-0.2, 0) is 4.79 Å². The van der Waals surface area contributed by atoms with Gasteiger partial charge in [0, 0.05) is 12.6 Å². The van der Waals surface area contributed by atoms with E-state index in [2.05, 4.69) is 34.2 Å². The number of aryl methyl sites for hydroxylation is 1. The van der Waals surface area contributed by atoms with Crippen LogP contribution in [0.3, 0.4) is 0 Å². The molecular weight excluding hydrogens is 344 g/mol. The maximum absolute atomic E-state index is 12.9. The quantitative estimate of drug-likeness (QED) is 0.767. The van der Waals surface area contributed by atoms with Gasteiger partial charge in [-0.15, -0.1) is 10.2 Å². The first kappa shape index (κ1) is 17.6. The minimum Gasteiger partial charge on any atom is -0.339 e. The van der Waals surface area contributed by atoms with Crippen molar-refractivity contribution in [2.45, 2.75) is 56.6 Å². The number of piperidine rings is 1. The molecule has 1 amide bonds. The summed E-state index contributed by atoms with van der Waals surface area (Å²) < 4.78 is 1.98. The third-order valence-electron chi connectivity index (χ3n) is 5.78. The number of amides is 1. The number of nitrogens with zero attached hydrogens (tertiary/aromatic N) is 4. The van der Waals surface area contributed by atoms with Crippen LogP contribution in [0.25, 0.3) is 5.69 Å². The zero-order valence-corrected chi connectivity index (χ0v) is 16.1. The Labute approximate surface area is 159 Å². The van der Waals surface area contributed by atoms with Crippen LogP contribution in [0.5, 0.6) is 0 Å². The van der Waals surface area contributed by atoms with Gasteiger partial charge in [-0.25, -0.2) is 0 Å². The molecule has 2 aliphatic rings. The first-order chi connectivity index (χ1) is 12.7. The smallest absolute Gasteiger partial charge is 0.233 e. The molecule has 1 aliphatic carbocycles. The lowest BCUT2D eigenvalue weighted by atomic mass is 9.78. The molecule has 0 spiro atoms. The predicted octanol–water partition coefficient (Wildman–Crippen LogP) is 3.85. The van der Waals surface area contributed by atoms with E-state index < -0.39 is 0 Å². The molecule has 2 unspecified atom stereocenters. The molecular formula is C20H26N4OS. The van der Waals surface area contributed by atoms with Gasteiger partial charge in [-0.2, -0.15) is 0 Å². The van der Waals surface area contributed by atoms with E-state index in [-0.39, 0.29) is 5.91 Å². The molecule has 0 radical (unpaired) electrons. The molecule has 26 heavy (non-hydrogen) atoms. The summed E-state index contributed by atoms with van der Waals surface area (Å²) in [4.78, 5) is 15.1. The zero-order chi connectivity index (χ0) is 17.9. The lowest BCUT2D eigenvalue weighted by Crippen LogP contribution is -2.50. The molecule has 1 aromatic carbocycles. The molecule has 2 aromatic rings. The average Bonchev–Trinajstić information content (AvgIpc) is 3.14. The van der Waals surface area contributed by atoms with Gasteiger partial charge in [0.1, 0.15) is 6.33 Å². The second-order valence-electron chi connectivity index (χ2n) is 7.40. The van der Waals surface area contributed by atoms with Crippen molar-refractivity contribution >= 4 is 17.7 Å². The number of hydrogen-bond donors (Lipinski definition) is 0. The van der Waals surface area contributed by atoms with Crippen molar-refractivity contribution in [1.82, 2.24) is 19.7 Å². The summed E-state index contributed by atoms with van der Waals surface area (Å²) >= 11 is 1.50. The minimum absolute atomic E-state index is 0.255. The van der Waals surface area contributed by atoms with Crippen LogP contribution in [-0.4, -0.2) is 43.9 Å². The van der Waals surface area contributed by atoms with E-state index in [9.17, 15) is 4.79 Å². The first-order valence-corrected chi connectivity index (χ1v) is 10.6. The van der Waals surface area contributed by atoms with Gasteiger partial charge in [-0.05, 0) is 50.2 Å². The number of likely N-dealkylation sites (tertiary alicyclic amines) is 1. The van der Waals surface area contributed by atoms with Gasteiger partial charge < -0.3 is 4.90 Å². The summed E-state index contributed by atoms with van der Waals surface area (Å²) in [5.74, 6) is 1.42. The van der Waals surface area contributed by atoms with E-state index in [1.54, 1.807) is 6.33 Å². The number of carbonyl (C=O) groups excluding carboxylic acids is 1. The molecule has 2 heterocycles. The highest BCUT2D eigenvalue weighted by Gasteiger charge is 2.35. The van der Waals surface area contributed by atoms with Crippen LogP contribution in [0.2, 0.25) is 0 Å². The van der Waals surface area contributed by atoms with Gasteiger partial charge in [0.25, 0.3) is 0 Å². The lowest BCUT2D eigenvalue weighted by molar-refractivity contribution is -0.134. The monoisotopic (exact) mass is 370 g/mol. The molecule has 1 aliphatic heterocycles. The number of carbonyl (C=O) groups is 1. The predicted molar refractivity (Wildman–Crippen MR) is 104 cm³/mol. The van der Waals surface area contributed by atoms with Crippen LogP contribution >= 0.6 is 11.8 Å². The van der Waals surface area contributed by atoms with Crippen LogP contribution in [0.1, 0.15) is 44.1 Å². The Morgan fingerprint density at radius 3 is 2.88 bits per heavy atom. The zero-order valence-electron chi connectivity index (χ0n) is 15.3. The van der Waals surface area contributed by atoms with Gasteiger partial charge in [-0.1, -0.05) is 42.8 Å². The highest BCUT2D eigenvalue weighted by atomic mass is 32.2. The third-order valence-corrected chi connectivity index (χ3v) is 6.71. The maximum atomic E-state index is 12.9. The highest BCUT2D eigenvalue weighted by Crippen LogP contribution is 2.35. The Balaban J connectivity index is 1.44. The molecule has 1 saturated heterocycles. The van der Waals surface area contributed by atoms with Crippen molar-refractivity contribution in [3.05, 3.63) is 36.2 Å². The van der Waals surface area contributed by atoms with Crippen molar-refractivity contribution in [3.8, 4) is 5.69 Å². The Bertz CT molecular complexity index is 773. The van der Waals surface area contributed by atoms with Crippen LogP contribution in [0.4, 0.5) is 0 Å². The van der Waals surface area contributed by atoms with Crippen molar-refractivity contribution in [1.29, 1.82) is 0 Å². The van der Waals surface area contributed by atoms with Gasteiger partial charge in [0.05, 0.1) is 11.4 Å². The molecule has 0 N–H and O–H groups in total. The molecule has 138 valence electrons. The molecule has 4 rings (SSSR count). The van der Waals surface area contributed by atoms with E-state index in [1.807, 2.05) is 16.7 Å². The Hall–Kier alpha value is -1.82. The number of para-hydroxylation sites is 1. The number of aromatic nitrogens is 3. The summed E-state index contributed by atoms with van der Waals surface area (Å²) in [6.45, 7) is 3.00. The summed E-state index contributed by atoms with van der Waals surface area (Å²) in [7, 11) is 0. The number of rotatable bonds is 4. The third kappa shape index (κ3) is 3.52. The molecule has 0 bridgehead atoms. The standard InChI is InChI=1S/C20H26N4OS/c1-15-7-2-4-10-17(15)24-14-21-22-20(24)26-13-19(25)23-12-6-9-16-8-3-5-11-18(16)23/h2,4,7,10,14,16,18H,3,5-6,8-9,11-13H2,1H3. The topological polar surface area (TPSA) is 51.0 Å². The fourth-order valence-electron chi connectivity index (χ4n) is 4.47. The average molecular weight is 371 g/mol.